The third-order valence-electron chi connectivity index (χ3n) is 4.48. The predicted molar refractivity (Wildman–Crippen MR) is 89.9 cm³/mol. The molecule has 0 atom stereocenters. The van der Waals surface area contributed by atoms with Crippen LogP contribution in [0.2, 0.25) is 0 Å². The largest absolute Gasteiger partial charge is 0.398 e. The molecule has 2 rings (SSSR count). The van der Waals surface area contributed by atoms with Crippen LogP contribution in [0.25, 0.3) is 0 Å². The summed E-state index contributed by atoms with van der Waals surface area (Å²) in [5, 5.41) is 0. The van der Waals surface area contributed by atoms with Crippen molar-refractivity contribution in [2.75, 3.05) is 38.5 Å². The van der Waals surface area contributed by atoms with Gasteiger partial charge in [-0.2, -0.15) is 0 Å². The fourth-order valence-electron chi connectivity index (χ4n) is 2.92. The SMILES string of the molecule is CCN(CC)CC1CCN(C(=O)c2cc(N)c(C)s2)CC1. The van der Waals surface area contributed by atoms with Crippen molar-refractivity contribution in [2.24, 2.45) is 5.92 Å². The first-order chi connectivity index (χ1) is 10.0. The van der Waals surface area contributed by atoms with Gasteiger partial charge in [0.05, 0.1) is 4.88 Å². The van der Waals surface area contributed by atoms with Crippen LogP contribution in [0, 0.1) is 12.8 Å². The number of anilines is 1. The number of nitrogen functional groups attached to an aromatic ring is 1. The molecule has 1 saturated heterocycles. The minimum atomic E-state index is 0.154. The number of aryl methyl sites for hydroxylation is 1. The third-order valence-corrected chi connectivity index (χ3v) is 5.53. The molecule has 2 N–H and O–H groups in total. The van der Waals surface area contributed by atoms with Gasteiger partial charge in [0, 0.05) is 30.2 Å². The van der Waals surface area contributed by atoms with Crippen LogP contribution in [-0.2, 0) is 0 Å². The second kappa shape index (κ2) is 7.27. The van der Waals surface area contributed by atoms with Crippen molar-refractivity contribution in [3.63, 3.8) is 0 Å². The number of carbonyl (C=O) groups excluding carboxylic acids is 1. The molecule has 1 aromatic heterocycles. The molecule has 0 saturated carbocycles. The smallest absolute Gasteiger partial charge is 0.264 e. The number of likely N-dealkylation sites (tertiary alicyclic amines) is 1. The maximum Gasteiger partial charge on any atom is 0.264 e. The van der Waals surface area contributed by atoms with Gasteiger partial charge in [-0.3, -0.25) is 4.79 Å². The highest BCUT2D eigenvalue weighted by Gasteiger charge is 2.25. The number of carbonyl (C=O) groups is 1. The Labute approximate surface area is 131 Å². The summed E-state index contributed by atoms with van der Waals surface area (Å²) < 4.78 is 0. The van der Waals surface area contributed by atoms with Gasteiger partial charge in [-0.25, -0.2) is 0 Å². The quantitative estimate of drug-likeness (QED) is 0.910. The van der Waals surface area contributed by atoms with Crippen LogP contribution >= 0.6 is 11.3 Å². The van der Waals surface area contributed by atoms with Crippen molar-refractivity contribution < 1.29 is 4.79 Å². The maximum absolute atomic E-state index is 12.5. The summed E-state index contributed by atoms with van der Waals surface area (Å²) >= 11 is 1.51. The molecule has 1 aromatic rings. The molecule has 0 radical (unpaired) electrons. The van der Waals surface area contributed by atoms with E-state index in [0.29, 0.717) is 0 Å². The molecule has 0 aromatic carbocycles. The van der Waals surface area contributed by atoms with Gasteiger partial charge in [-0.15, -0.1) is 11.3 Å². The van der Waals surface area contributed by atoms with Gasteiger partial charge in [-0.05, 0) is 44.8 Å². The summed E-state index contributed by atoms with van der Waals surface area (Å²) in [6.45, 7) is 11.5. The summed E-state index contributed by atoms with van der Waals surface area (Å²) in [6.07, 6.45) is 2.23. The molecule has 2 heterocycles. The minimum absolute atomic E-state index is 0.154. The Morgan fingerprint density at radius 1 is 1.38 bits per heavy atom. The van der Waals surface area contributed by atoms with E-state index in [0.717, 1.165) is 60.4 Å². The molecule has 21 heavy (non-hydrogen) atoms. The van der Waals surface area contributed by atoms with Gasteiger partial charge < -0.3 is 15.5 Å². The number of nitrogens with two attached hydrogens (primary N) is 1. The Morgan fingerprint density at radius 2 is 2.00 bits per heavy atom. The van der Waals surface area contributed by atoms with Gasteiger partial charge >= 0.3 is 0 Å². The molecule has 118 valence electrons. The van der Waals surface area contributed by atoms with Crippen LogP contribution in [0.1, 0.15) is 41.2 Å². The van der Waals surface area contributed by atoms with E-state index in [4.69, 9.17) is 5.73 Å². The monoisotopic (exact) mass is 309 g/mol. The van der Waals surface area contributed by atoms with E-state index in [9.17, 15) is 4.79 Å². The lowest BCUT2D eigenvalue weighted by Gasteiger charge is -2.34. The predicted octanol–water partition coefficient (Wildman–Crippen LogP) is 2.83. The minimum Gasteiger partial charge on any atom is -0.398 e. The van der Waals surface area contributed by atoms with E-state index >= 15 is 0 Å². The fourth-order valence-corrected chi connectivity index (χ4v) is 3.83. The zero-order chi connectivity index (χ0) is 15.4. The van der Waals surface area contributed by atoms with Crippen LogP contribution in [0.3, 0.4) is 0 Å². The molecule has 0 unspecified atom stereocenters. The first kappa shape index (κ1) is 16.3. The van der Waals surface area contributed by atoms with Gasteiger partial charge in [0.25, 0.3) is 5.91 Å². The molecule has 4 nitrogen and oxygen atoms in total. The van der Waals surface area contributed by atoms with Crippen LogP contribution in [0.4, 0.5) is 5.69 Å². The first-order valence-corrected chi connectivity index (χ1v) is 8.74. The van der Waals surface area contributed by atoms with Crippen LogP contribution in [0.5, 0.6) is 0 Å². The number of hydrogen-bond acceptors (Lipinski definition) is 4. The number of thiophene rings is 1. The van der Waals surface area contributed by atoms with Crippen LogP contribution in [-0.4, -0.2) is 48.4 Å². The van der Waals surface area contributed by atoms with Crippen molar-refractivity contribution in [2.45, 2.75) is 33.6 Å². The zero-order valence-corrected chi connectivity index (χ0v) is 14.2. The molecule has 1 aliphatic rings. The molecule has 1 amide bonds. The number of piperidine rings is 1. The Kier molecular flexibility index (Phi) is 5.65. The second-order valence-electron chi connectivity index (χ2n) is 5.84. The summed E-state index contributed by atoms with van der Waals surface area (Å²) in [7, 11) is 0. The average molecular weight is 309 g/mol. The number of hydrogen-bond donors (Lipinski definition) is 1. The number of rotatable bonds is 5. The van der Waals surface area contributed by atoms with Crippen molar-refractivity contribution >= 4 is 22.9 Å². The lowest BCUT2D eigenvalue weighted by Crippen LogP contribution is -2.41. The molecular formula is C16H27N3OS. The Morgan fingerprint density at radius 3 is 2.48 bits per heavy atom. The Balaban J connectivity index is 1.87. The third kappa shape index (κ3) is 3.98. The van der Waals surface area contributed by atoms with E-state index < -0.39 is 0 Å². The van der Waals surface area contributed by atoms with Gasteiger partial charge in [0.2, 0.25) is 0 Å². The lowest BCUT2D eigenvalue weighted by atomic mass is 9.96. The molecule has 0 bridgehead atoms. The summed E-state index contributed by atoms with van der Waals surface area (Å²) in [4.78, 5) is 18.8. The maximum atomic E-state index is 12.5. The van der Waals surface area contributed by atoms with E-state index in [-0.39, 0.29) is 5.91 Å². The van der Waals surface area contributed by atoms with E-state index in [1.54, 1.807) is 0 Å². The highest BCUT2D eigenvalue weighted by Crippen LogP contribution is 2.26. The molecule has 1 aliphatic heterocycles. The van der Waals surface area contributed by atoms with Crippen LogP contribution < -0.4 is 5.73 Å². The van der Waals surface area contributed by atoms with E-state index in [1.165, 1.54) is 17.9 Å². The highest BCUT2D eigenvalue weighted by molar-refractivity contribution is 7.14. The van der Waals surface area contributed by atoms with E-state index in [1.807, 2.05) is 17.9 Å². The normalized spacial score (nSPS) is 16.7. The van der Waals surface area contributed by atoms with Gasteiger partial charge in [-0.1, -0.05) is 13.8 Å². The average Bonchev–Trinajstić information content (AvgIpc) is 2.84. The molecular weight excluding hydrogens is 282 g/mol. The topological polar surface area (TPSA) is 49.6 Å². The fraction of sp³-hybridized carbons (Fsp3) is 0.688. The Hall–Kier alpha value is -1.07. The number of amides is 1. The van der Waals surface area contributed by atoms with Crippen LogP contribution in [0.15, 0.2) is 6.07 Å². The standard InChI is InChI=1S/C16H27N3OS/c1-4-18(5-2)11-13-6-8-19(9-7-13)16(20)15-10-14(17)12(3)21-15/h10,13H,4-9,11,17H2,1-3H3. The summed E-state index contributed by atoms with van der Waals surface area (Å²) in [5.41, 5.74) is 6.59. The van der Waals surface area contributed by atoms with Crippen molar-refractivity contribution in [1.82, 2.24) is 9.80 Å². The highest BCUT2D eigenvalue weighted by atomic mass is 32.1. The second-order valence-corrected chi connectivity index (χ2v) is 7.10. The zero-order valence-electron chi connectivity index (χ0n) is 13.4. The lowest BCUT2D eigenvalue weighted by molar-refractivity contribution is 0.0674. The van der Waals surface area contributed by atoms with E-state index in [2.05, 4.69) is 18.7 Å². The summed E-state index contributed by atoms with van der Waals surface area (Å²) in [5.74, 6) is 0.880. The van der Waals surface area contributed by atoms with Crippen molar-refractivity contribution in [3.05, 3.63) is 15.8 Å². The van der Waals surface area contributed by atoms with Crippen molar-refractivity contribution in [3.8, 4) is 0 Å². The molecule has 1 fully saturated rings. The summed E-state index contributed by atoms with van der Waals surface area (Å²) in [6, 6.07) is 1.82. The molecule has 0 spiro atoms. The van der Waals surface area contributed by atoms with Gasteiger partial charge in [0.1, 0.15) is 0 Å². The van der Waals surface area contributed by atoms with Gasteiger partial charge in [0.15, 0.2) is 0 Å². The van der Waals surface area contributed by atoms with Crippen molar-refractivity contribution in [1.29, 1.82) is 0 Å². The Bertz CT molecular complexity index is 454. The molecule has 5 heteroatoms. The first-order valence-electron chi connectivity index (χ1n) is 7.92. The molecule has 0 aliphatic carbocycles. The number of nitrogens with zero attached hydrogens (tertiary/aromatic N) is 2.